The Labute approximate surface area is 117 Å². The zero-order chi connectivity index (χ0) is 13.6. The molecule has 0 saturated carbocycles. The van der Waals surface area contributed by atoms with Crippen LogP contribution in [0.1, 0.15) is 26.7 Å². The summed E-state index contributed by atoms with van der Waals surface area (Å²) in [6, 6.07) is 0. The summed E-state index contributed by atoms with van der Waals surface area (Å²) < 4.78 is 2.27. The highest BCUT2D eigenvalue weighted by Crippen LogP contribution is 2.33. The van der Waals surface area contributed by atoms with Crippen LogP contribution in [0.5, 0.6) is 0 Å². The fourth-order valence-electron chi connectivity index (χ4n) is 1.82. The molecule has 0 bridgehead atoms. The van der Waals surface area contributed by atoms with Crippen molar-refractivity contribution >= 4 is 29.5 Å². The normalized spacial score (nSPS) is 11.7. The lowest BCUT2D eigenvalue weighted by molar-refractivity contribution is -0.133. The largest absolute Gasteiger partial charge is 0.481 e. The van der Waals surface area contributed by atoms with E-state index >= 15 is 0 Å². The first-order valence-electron chi connectivity index (χ1n) is 5.97. The quantitative estimate of drug-likeness (QED) is 0.745. The highest BCUT2D eigenvalue weighted by atomic mass is 32.2. The van der Waals surface area contributed by atoms with E-state index in [0.717, 1.165) is 24.5 Å². The number of aromatic nitrogens is 2. The summed E-state index contributed by atoms with van der Waals surface area (Å²) in [7, 11) is 0. The molecule has 0 fully saturated rings. The van der Waals surface area contributed by atoms with E-state index in [9.17, 15) is 4.79 Å². The van der Waals surface area contributed by atoms with Gasteiger partial charge in [0.15, 0.2) is 5.16 Å². The highest BCUT2D eigenvalue weighted by molar-refractivity contribution is 8.00. The van der Waals surface area contributed by atoms with Gasteiger partial charge in [0, 0.05) is 23.7 Å². The van der Waals surface area contributed by atoms with Crippen LogP contribution < -0.4 is 0 Å². The first kappa shape index (κ1) is 15.4. The Morgan fingerprint density at radius 3 is 2.67 bits per heavy atom. The van der Waals surface area contributed by atoms with Crippen LogP contribution in [0.15, 0.2) is 17.6 Å². The molecule has 0 aromatic carbocycles. The summed E-state index contributed by atoms with van der Waals surface area (Å²) in [5.74, 6) is -0.752. The first-order valence-corrected chi connectivity index (χ1v) is 8.18. The van der Waals surface area contributed by atoms with Crippen LogP contribution in [0.2, 0.25) is 0 Å². The SMILES string of the molecule is CCC(CC)(Cn1ccnc1SCC(=O)O)SC. The van der Waals surface area contributed by atoms with Crippen LogP contribution >= 0.6 is 23.5 Å². The van der Waals surface area contributed by atoms with Crippen LogP contribution in [0, 0.1) is 0 Å². The van der Waals surface area contributed by atoms with Gasteiger partial charge >= 0.3 is 5.97 Å². The lowest BCUT2D eigenvalue weighted by Crippen LogP contribution is -2.29. The highest BCUT2D eigenvalue weighted by Gasteiger charge is 2.26. The summed E-state index contributed by atoms with van der Waals surface area (Å²) in [6.45, 7) is 5.27. The number of rotatable bonds is 8. The third kappa shape index (κ3) is 3.95. The van der Waals surface area contributed by atoms with Crippen LogP contribution in [0.4, 0.5) is 0 Å². The second-order valence-electron chi connectivity index (χ2n) is 4.11. The standard InChI is InChI=1S/C12H20N2O2S2/c1-4-12(5-2,17-3)9-14-7-6-13-11(14)18-8-10(15)16/h6-7H,4-5,8-9H2,1-3H3,(H,15,16). The van der Waals surface area contributed by atoms with Crippen molar-refractivity contribution in [2.75, 3.05) is 12.0 Å². The minimum atomic E-state index is -0.809. The van der Waals surface area contributed by atoms with Gasteiger partial charge < -0.3 is 9.67 Å². The Hall–Kier alpha value is -0.620. The van der Waals surface area contributed by atoms with Gasteiger partial charge in [0.05, 0.1) is 5.75 Å². The minimum Gasteiger partial charge on any atom is -0.481 e. The Morgan fingerprint density at radius 2 is 2.17 bits per heavy atom. The lowest BCUT2D eigenvalue weighted by atomic mass is 10.0. The molecule has 0 saturated heterocycles. The molecule has 4 nitrogen and oxygen atoms in total. The first-order chi connectivity index (χ1) is 8.56. The number of imidazole rings is 1. The predicted octanol–water partition coefficient (Wildman–Crippen LogP) is 2.98. The van der Waals surface area contributed by atoms with Crippen molar-refractivity contribution in [2.45, 2.75) is 43.1 Å². The van der Waals surface area contributed by atoms with Gasteiger partial charge in [-0.3, -0.25) is 4.79 Å². The van der Waals surface area contributed by atoms with Crippen molar-refractivity contribution < 1.29 is 9.90 Å². The Kier molecular flexibility index (Phi) is 6.08. The van der Waals surface area contributed by atoms with Crippen LogP contribution in [0.3, 0.4) is 0 Å². The van der Waals surface area contributed by atoms with Crippen LogP contribution in [0.25, 0.3) is 0 Å². The second kappa shape index (κ2) is 7.09. The molecule has 0 unspecified atom stereocenters. The van der Waals surface area contributed by atoms with Crippen molar-refractivity contribution in [2.24, 2.45) is 0 Å². The van der Waals surface area contributed by atoms with E-state index in [1.807, 2.05) is 18.0 Å². The van der Waals surface area contributed by atoms with E-state index in [4.69, 9.17) is 5.11 Å². The minimum absolute atomic E-state index is 0.0571. The fourth-order valence-corrected chi connectivity index (χ4v) is 3.34. The molecule has 0 atom stereocenters. The number of hydrogen-bond donors (Lipinski definition) is 1. The molecule has 0 spiro atoms. The van der Waals surface area contributed by atoms with Gasteiger partial charge in [-0.25, -0.2) is 4.98 Å². The lowest BCUT2D eigenvalue weighted by Gasteiger charge is -2.30. The number of carboxylic acid groups (broad SMARTS) is 1. The molecule has 0 aliphatic heterocycles. The molecule has 0 radical (unpaired) electrons. The molecule has 1 aromatic heterocycles. The van der Waals surface area contributed by atoms with Gasteiger partial charge in [-0.1, -0.05) is 25.6 Å². The van der Waals surface area contributed by atoms with Gasteiger partial charge in [0.1, 0.15) is 0 Å². The summed E-state index contributed by atoms with van der Waals surface area (Å²) in [5.41, 5.74) is 0. The van der Waals surface area contributed by atoms with Crippen molar-refractivity contribution in [3.05, 3.63) is 12.4 Å². The maximum atomic E-state index is 10.6. The molecular formula is C12H20N2O2S2. The Balaban J connectivity index is 2.77. The zero-order valence-electron chi connectivity index (χ0n) is 11.0. The summed E-state index contributed by atoms with van der Waals surface area (Å²) >= 11 is 3.15. The average Bonchev–Trinajstić information content (AvgIpc) is 2.80. The van der Waals surface area contributed by atoms with Gasteiger partial charge in [-0.15, -0.1) is 0 Å². The molecule has 18 heavy (non-hydrogen) atoms. The predicted molar refractivity (Wildman–Crippen MR) is 77.4 cm³/mol. The van der Waals surface area contributed by atoms with E-state index in [1.165, 1.54) is 11.8 Å². The summed E-state index contributed by atoms with van der Waals surface area (Å²) in [4.78, 5) is 14.8. The van der Waals surface area contributed by atoms with Crippen LogP contribution in [-0.2, 0) is 11.3 Å². The maximum absolute atomic E-state index is 10.6. The van der Waals surface area contributed by atoms with Crippen molar-refractivity contribution in [1.82, 2.24) is 9.55 Å². The zero-order valence-corrected chi connectivity index (χ0v) is 12.7. The third-order valence-electron chi connectivity index (χ3n) is 3.18. The Morgan fingerprint density at radius 1 is 1.50 bits per heavy atom. The maximum Gasteiger partial charge on any atom is 0.313 e. The molecule has 102 valence electrons. The molecule has 1 heterocycles. The van der Waals surface area contributed by atoms with Crippen LogP contribution in [-0.4, -0.2) is 37.4 Å². The van der Waals surface area contributed by atoms with E-state index in [0.29, 0.717) is 0 Å². The monoisotopic (exact) mass is 288 g/mol. The van der Waals surface area contributed by atoms with Crippen molar-refractivity contribution in [3.8, 4) is 0 Å². The molecule has 6 heteroatoms. The third-order valence-corrected chi connectivity index (χ3v) is 5.74. The number of nitrogens with zero attached hydrogens (tertiary/aromatic N) is 2. The molecular weight excluding hydrogens is 268 g/mol. The van der Waals surface area contributed by atoms with Gasteiger partial charge in [-0.2, -0.15) is 11.8 Å². The molecule has 0 aliphatic rings. The van der Waals surface area contributed by atoms with Crippen molar-refractivity contribution in [3.63, 3.8) is 0 Å². The number of thioether (sulfide) groups is 2. The molecule has 0 amide bonds. The topological polar surface area (TPSA) is 55.1 Å². The molecule has 0 aliphatic carbocycles. The Bertz CT molecular complexity index is 381. The smallest absolute Gasteiger partial charge is 0.313 e. The van der Waals surface area contributed by atoms with E-state index < -0.39 is 5.97 Å². The average molecular weight is 288 g/mol. The molecule has 1 N–H and O–H groups in total. The molecule has 1 rings (SSSR count). The van der Waals surface area contributed by atoms with E-state index in [1.54, 1.807) is 6.20 Å². The second-order valence-corrected chi connectivity index (χ2v) is 6.33. The van der Waals surface area contributed by atoms with E-state index in [-0.39, 0.29) is 10.5 Å². The number of carboxylic acids is 1. The fraction of sp³-hybridized carbons (Fsp3) is 0.667. The van der Waals surface area contributed by atoms with Crippen molar-refractivity contribution in [1.29, 1.82) is 0 Å². The molecule has 1 aromatic rings. The van der Waals surface area contributed by atoms with E-state index in [2.05, 4.69) is 29.7 Å². The number of hydrogen-bond acceptors (Lipinski definition) is 4. The number of aliphatic carboxylic acids is 1. The summed E-state index contributed by atoms with van der Waals surface area (Å²) in [5, 5.41) is 9.50. The van der Waals surface area contributed by atoms with Gasteiger partial charge in [0.2, 0.25) is 0 Å². The number of carbonyl (C=O) groups is 1. The van der Waals surface area contributed by atoms with Gasteiger partial charge in [0.25, 0.3) is 0 Å². The summed E-state index contributed by atoms with van der Waals surface area (Å²) in [6.07, 6.45) is 7.98. The van der Waals surface area contributed by atoms with Gasteiger partial charge in [-0.05, 0) is 19.1 Å².